The van der Waals surface area contributed by atoms with Crippen LogP contribution in [0.25, 0.3) is 0 Å². The van der Waals surface area contributed by atoms with Gasteiger partial charge in [-0.05, 0) is 30.4 Å². The molecule has 100 valence electrons. The number of alkyl halides is 2. The summed E-state index contributed by atoms with van der Waals surface area (Å²) in [7, 11) is 0. The summed E-state index contributed by atoms with van der Waals surface area (Å²) >= 11 is 7.35. The fourth-order valence-electron chi connectivity index (χ4n) is 3.31. The smallest absolute Gasteiger partial charge is 0.230 e. The fraction of sp³-hybridized carbons (Fsp3) is 0.429. The second-order valence-corrected chi connectivity index (χ2v) is 7.58. The van der Waals surface area contributed by atoms with Crippen molar-refractivity contribution in [3.8, 4) is 0 Å². The first kappa shape index (κ1) is 13.3. The SMILES string of the molecule is NC(=O)[C@H]1C(=O)c2cccc3c2[C@@]1(Br)[C@H](Br)CCC3. The van der Waals surface area contributed by atoms with Crippen molar-refractivity contribution in [3.05, 3.63) is 34.9 Å². The number of carbonyl (C=O) groups excluding carboxylic acids is 2. The molecular weight excluding hydrogens is 374 g/mol. The molecule has 19 heavy (non-hydrogen) atoms. The molecule has 0 saturated carbocycles. The van der Waals surface area contributed by atoms with Crippen molar-refractivity contribution in [2.45, 2.75) is 28.4 Å². The van der Waals surface area contributed by atoms with E-state index >= 15 is 0 Å². The predicted octanol–water partition coefficient (Wildman–Crippen LogP) is 2.67. The van der Waals surface area contributed by atoms with Crippen molar-refractivity contribution in [1.29, 1.82) is 0 Å². The number of benzene rings is 1. The molecule has 0 saturated heterocycles. The number of rotatable bonds is 1. The van der Waals surface area contributed by atoms with Gasteiger partial charge >= 0.3 is 0 Å². The zero-order valence-corrected chi connectivity index (χ0v) is 13.3. The van der Waals surface area contributed by atoms with E-state index in [0.717, 1.165) is 30.4 Å². The normalized spacial score (nSPS) is 32.8. The van der Waals surface area contributed by atoms with Crippen LogP contribution in [0.4, 0.5) is 0 Å². The maximum atomic E-state index is 12.5. The van der Waals surface area contributed by atoms with E-state index in [1.807, 2.05) is 12.1 Å². The van der Waals surface area contributed by atoms with Crippen LogP contribution in [-0.4, -0.2) is 16.5 Å². The largest absolute Gasteiger partial charge is 0.369 e. The Hall–Kier alpha value is -0.680. The van der Waals surface area contributed by atoms with Crippen LogP contribution in [0.2, 0.25) is 0 Å². The fourth-order valence-corrected chi connectivity index (χ4v) is 5.26. The van der Waals surface area contributed by atoms with Crippen molar-refractivity contribution in [2.24, 2.45) is 11.7 Å². The summed E-state index contributed by atoms with van der Waals surface area (Å²) in [4.78, 5) is 24.3. The Morgan fingerprint density at radius 1 is 1.42 bits per heavy atom. The molecule has 1 amide bonds. The number of hydrogen-bond donors (Lipinski definition) is 1. The molecule has 0 bridgehead atoms. The molecule has 3 rings (SSSR count). The molecule has 0 unspecified atom stereocenters. The second kappa shape index (κ2) is 4.42. The maximum Gasteiger partial charge on any atom is 0.230 e. The van der Waals surface area contributed by atoms with Gasteiger partial charge in [-0.3, -0.25) is 9.59 Å². The lowest BCUT2D eigenvalue weighted by atomic mass is 9.87. The van der Waals surface area contributed by atoms with E-state index in [0.29, 0.717) is 5.56 Å². The number of Topliss-reactive ketones (excluding diaryl/α,β-unsaturated/α-hetero) is 1. The van der Waals surface area contributed by atoms with E-state index in [2.05, 4.69) is 31.9 Å². The van der Waals surface area contributed by atoms with Crippen LogP contribution in [0.15, 0.2) is 18.2 Å². The third kappa shape index (κ3) is 1.67. The molecule has 5 heteroatoms. The Kier molecular flexibility index (Phi) is 3.09. The summed E-state index contributed by atoms with van der Waals surface area (Å²) in [5.74, 6) is -1.55. The molecule has 1 aromatic rings. The van der Waals surface area contributed by atoms with Crippen molar-refractivity contribution in [1.82, 2.24) is 0 Å². The summed E-state index contributed by atoms with van der Waals surface area (Å²) < 4.78 is -0.696. The van der Waals surface area contributed by atoms with E-state index in [1.165, 1.54) is 0 Å². The molecule has 2 N–H and O–H groups in total. The summed E-state index contributed by atoms with van der Waals surface area (Å²) in [6, 6.07) is 5.72. The Bertz CT molecular complexity index is 587. The lowest BCUT2D eigenvalue weighted by Crippen LogP contribution is -2.43. The minimum absolute atomic E-state index is 0.0198. The van der Waals surface area contributed by atoms with Crippen LogP contribution in [0.3, 0.4) is 0 Å². The number of carbonyl (C=O) groups is 2. The van der Waals surface area contributed by atoms with Crippen molar-refractivity contribution >= 4 is 43.6 Å². The van der Waals surface area contributed by atoms with Crippen molar-refractivity contribution in [3.63, 3.8) is 0 Å². The van der Waals surface area contributed by atoms with Gasteiger partial charge in [-0.2, -0.15) is 0 Å². The Morgan fingerprint density at radius 2 is 2.16 bits per heavy atom. The first-order valence-electron chi connectivity index (χ1n) is 6.26. The van der Waals surface area contributed by atoms with Gasteiger partial charge in [-0.1, -0.05) is 50.1 Å². The number of primary amides is 1. The van der Waals surface area contributed by atoms with Crippen molar-refractivity contribution in [2.75, 3.05) is 0 Å². The van der Waals surface area contributed by atoms with E-state index in [1.54, 1.807) is 6.07 Å². The lowest BCUT2D eigenvalue weighted by molar-refractivity contribution is -0.121. The van der Waals surface area contributed by atoms with E-state index in [9.17, 15) is 9.59 Å². The van der Waals surface area contributed by atoms with Gasteiger partial charge in [0.05, 0.1) is 4.32 Å². The first-order chi connectivity index (χ1) is 8.98. The maximum absolute atomic E-state index is 12.5. The predicted molar refractivity (Wildman–Crippen MR) is 79.7 cm³/mol. The molecule has 2 aliphatic carbocycles. The number of ketones is 1. The third-order valence-corrected chi connectivity index (χ3v) is 7.33. The molecule has 3 atom stereocenters. The Morgan fingerprint density at radius 3 is 2.84 bits per heavy atom. The van der Waals surface area contributed by atoms with Gasteiger partial charge in [0, 0.05) is 10.4 Å². The minimum atomic E-state index is -0.828. The molecule has 3 nitrogen and oxygen atoms in total. The summed E-state index contributed by atoms with van der Waals surface area (Å²) in [5.41, 5.74) is 8.25. The van der Waals surface area contributed by atoms with E-state index < -0.39 is 16.1 Å². The van der Waals surface area contributed by atoms with Gasteiger partial charge in [0.25, 0.3) is 0 Å². The highest BCUT2D eigenvalue weighted by Gasteiger charge is 2.58. The quantitative estimate of drug-likeness (QED) is 0.595. The van der Waals surface area contributed by atoms with Crippen LogP contribution in [0.1, 0.15) is 34.3 Å². The van der Waals surface area contributed by atoms with Crippen LogP contribution in [-0.2, 0) is 15.5 Å². The molecule has 0 fully saturated rings. The van der Waals surface area contributed by atoms with E-state index in [4.69, 9.17) is 5.73 Å². The van der Waals surface area contributed by atoms with Gasteiger partial charge < -0.3 is 5.73 Å². The molecule has 2 aliphatic rings. The third-order valence-electron chi connectivity index (χ3n) is 4.13. The molecule has 0 heterocycles. The summed E-state index contributed by atoms with van der Waals surface area (Å²) in [5, 5.41) is 0. The number of nitrogens with two attached hydrogens (primary N) is 1. The number of hydrogen-bond acceptors (Lipinski definition) is 2. The van der Waals surface area contributed by atoms with Crippen LogP contribution in [0.5, 0.6) is 0 Å². The minimum Gasteiger partial charge on any atom is -0.369 e. The van der Waals surface area contributed by atoms with E-state index in [-0.39, 0.29) is 10.6 Å². The Balaban J connectivity index is 2.33. The Labute approximate surface area is 128 Å². The molecule has 0 radical (unpaired) electrons. The highest BCUT2D eigenvalue weighted by Crippen LogP contribution is 2.56. The van der Waals surface area contributed by atoms with Crippen LogP contribution in [0, 0.1) is 5.92 Å². The van der Waals surface area contributed by atoms with Crippen LogP contribution < -0.4 is 5.73 Å². The average molecular weight is 387 g/mol. The zero-order chi connectivity index (χ0) is 13.8. The highest BCUT2D eigenvalue weighted by molar-refractivity contribution is 9.12. The molecule has 0 aliphatic heterocycles. The molecular formula is C14H13Br2NO2. The topological polar surface area (TPSA) is 60.2 Å². The van der Waals surface area contributed by atoms with Crippen LogP contribution >= 0.6 is 31.9 Å². The highest BCUT2D eigenvalue weighted by atomic mass is 79.9. The van der Waals surface area contributed by atoms with Gasteiger partial charge in [-0.25, -0.2) is 0 Å². The summed E-state index contributed by atoms with van der Waals surface area (Å²) in [6.45, 7) is 0. The van der Waals surface area contributed by atoms with Gasteiger partial charge in [-0.15, -0.1) is 0 Å². The van der Waals surface area contributed by atoms with Gasteiger partial charge in [0.15, 0.2) is 5.78 Å². The number of aryl methyl sites for hydroxylation is 1. The standard InChI is InChI=1S/C14H13Br2NO2/c15-9-6-2-4-7-3-1-5-8-10(7)14(9,16)11(12(8)18)13(17)19/h1,3,5,9,11H,2,4,6H2,(H2,17,19)/t9-,11-,14+/m1/s1. The molecule has 0 aromatic heterocycles. The summed E-state index contributed by atoms with van der Waals surface area (Å²) in [6.07, 6.45) is 2.85. The monoisotopic (exact) mass is 385 g/mol. The van der Waals surface area contributed by atoms with Crippen molar-refractivity contribution < 1.29 is 9.59 Å². The lowest BCUT2D eigenvalue weighted by Gasteiger charge is -2.32. The number of amides is 1. The average Bonchev–Trinajstić information content (AvgIpc) is 2.51. The van der Waals surface area contributed by atoms with Gasteiger partial charge in [0.1, 0.15) is 5.92 Å². The molecule has 1 aromatic carbocycles. The first-order valence-corrected chi connectivity index (χ1v) is 7.97. The van der Waals surface area contributed by atoms with Gasteiger partial charge in [0.2, 0.25) is 5.91 Å². The molecule has 0 spiro atoms. The zero-order valence-electron chi connectivity index (χ0n) is 10.2. The second-order valence-electron chi connectivity index (χ2n) is 5.17. The number of halogens is 2.